The van der Waals surface area contributed by atoms with E-state index in [9.17, 15) is 0 Å². The van der Waals surface area contributed by atoms with E-state index < -0.39 is 19.6 Å². The molecule has 0 atom stereocenters. The molecule has 0 spiro atoms. The molecule has 2 N–H and O–H groups in total. The minimum absolute atomic E-state index is 0.277. The second kappa shape index (κ2) is 7.27. The van der Waals surface area contributed by atoms with Crippen LogP contribution >= 0.6 is 0 Å². The Morgan fingerprint density at radius 2 is 1.00 bits per heavy atom. The zero-order valence-electron chi connectivity index (χ0n) is 14.9. The van der Waals surface area contributed by atoms with Crippen LogP contribution in [0, 0.1) is 0 Å². The molecule has 4 nitrogen and oxygen atoms in total. The molecule has 0 heterocycles. The van der Waals surface area contributed by atoms with Gasteiger partial charge in [-0.25, -0.2) is 0 Å². The molecular formula is C15H35NO3Sn. The quantitative estimate of drug-likeness (QED) is 0.696. The third-order valence-corrected chi connectivity index (χ3v) is 12.7. The Labute approximate surface area is 131 Å². The van der Waals surface area contributed by atoms with Crippen LogP contribution in [0.1, 0.15) is 68.7 Å². The summed E-state index contributed by atoms with van der Waals surface area (Å²) in [5.41, 5.74) is 4.86. The molecule has 0 aromatic carbocycles. The Morgan fingerprint density at radius 1 is 0.700 bits per heavy atom. The van der Waals surface area contributed by atoms with E-state index in [1.807, 2.05) is 0 Å². The van der Waals surface area contributed by atoms with Crippen molar-refractivity contribution in [3.8, 4) is 0 Å². The van der Waals surface area contributed by atoms with Crippen molar-refractivity contribution in [2.45, 2.75) is 90.0 Å². The predicted molar refractivity (Wildman–Crippen MR) is 86.7 cm³/mol. The molecule has 0 aliphatic heterocycles. The van der Waals surface area contributed by atoms with Crippen LogP contribution in [-0.2, 0) is 9.22 Å². The van der Waals surface area contributed by atoms with Crippen LogP contribution < -0.4 is 5.73 Å². The summed E-state index contributed by atoms with van der Waals surface area (Å²) in [5, 5.41) is 0. The first-order valence-corrected chi connectivity index (χ1v) is 13.0. The summed E-state index contributed by atoms with van der Waals surface area (Å²) < 4.78 is 20.0. The molecule has 0 fully saturated rings. The molecule has 0 unspecified atom stereocenters. The van der Waals surface area contributed by atoms with E-state index in [1.165, 1.54) is 0 Å². The Morgan fingerprint density at radius 3 is 1.20 bits per heavy atom. The van der Waals surface area contributed by atoms with Crippen molar-refractivity contribution >= 4 is 19.6 Å². The Bertz CT molecular complexity index is 246. The normalized spacial score (nSPS) is 14.7. The van der Waals surface area contributed by atoms with E-state index in [0.29, 0.717) is 6.54 Å². The third-order valence-electron chi connectivity index (χ3n) is 2.07. The molecule has 0 amide bonds. The molecule has 0 bridgehead atoms. The van der Waals surface area contributed by atoms with Gasteiger partial charge in [-0.15, -0.1) is 0 Å². The van der Waals surface area contributed by atoms with Crippen molar-refractivity contribution in [1.82, 2.24) is 0 Å². The van der Waals surface area contributed by atoms with Gasteiger partial charge in [0, 0.05) is 0 Å². The van der Waals surface area contributed by atoms with Crippen molar-refractivity contribution < 1.29 is 9.22 Å². The molecule has 0 rings (SSSR count). The average molecular weight is 396 g/mol. The van der Waals surface area contributed by atoms with E-state index in [0.717, 1.165) is 10.9 Å². The standard InChI is InChI=1S/3C4H9O.C3H8N.Sn/c3*1-4(2,3)5;1-2-3-4;/h3*1-3H3;1-4H2;/q3*-1;;+3. The summed E-state index contributed by atoms with van der Waals surface area (Å²) in [6.45, 7) is 19.1. The maximum atomic E-state index is 6.39. The fourth-order valence-corrected chi connectivity index (χ4v) is 13.0. The van der Waals surface area contributed by atoms with Gasteiger partial charge in [-0.05, 0) is 0 Å². The molecule has 0 saturated heterocycles. The van der Waals surface area contributed by atoms with Gasteiger partial charge in [0.05, 0.1) is 0 Å². The number of hydrogen-bond donors (Lipinski definition) is 1. The van der Waals surface area contributed by atoms with Gasteiger partial charge in [0.2, 0.25) is 0 Å². The van der Waals surface area contributed by atoms with Gasteiger partial charge in [-0.3, -0.25) is 0 Å². The average Bonchev–Trinajstić information content (AvgIpc) is 2.05. The summed E-state index contributed by atoms with van der Waals surface area (Å²) in [5.74, 6) is 0. The molecule has 122 valence electrons. The van der Waals surface area contributed by atoms with Gasteiger partial charge in [0.15, 0.2) is 0 Å². The van der Waals surface area contributed by atoms with Crippen LogP contribution in [0.25, 0.3) is 0 Å². The van der Waals surface area contributed by atoms with Gasteiger partial charge >= 0.3 is 131 Å². The van der Waals surface area contributed by atoms with Crippen LogP contribution in [-0.4, -0.2) is 43.0 Å². The van der Waals surface area contributed by atoms with Crippen molar-refractivity contribution in [3.63, 3.8) is 0 Å². The Kier molecular flexibility index (Phi) is 7.50. The number of hydrogen-bond acceptors (Lipinski definition) is 4. The molecule has 0 aliphatic carbocycles. The number of rotatable bonds is 6. The third kappa shape index (κ3) is 10.4. The van der Waals surface area contributed by atoms with Gasteiger partial charge in [-0.1, -0.05) is 0 Å². The van der Waals surface area contributed by atoms with Crippen molar-refractivity contribution in [2.75, 3.05) is 6.54 Å². The second-order valence-electron chi connectivity index (χ2n) is 8.22. The van der Waals surface area contributed by atoms with Crippen LogP contribution in [0.4, 0.5) is 0 Å². The molecule has 0 aliphatic rings. The molecule has 0 radical (unpaired) electrons. The zero-order chi connectivity index (χ0) is 16.2. The fraction of sp³-hybridized carbons (Fsp3) is 1.00. The van der Waals surface area contributed by atoms with Crippen LogP contribution in [0.15, 0.2) is 0 Å². The van der Waals surface area contributed by atoms with E-state index in [-0.39, 0.29) is 16.8 Å². The van der Waals surface area contributed by atoms with Crippen molar-refractivity contribution in [1.29, 1.82) is 0 Å². The molecule has 0 aromatic heterocycles. The van der Waals surface area contributed by atoms with Gasteiger partial charge in [-0.2, -0.15) is 0 Å². The van der Waals surface area contributed by atoms with Crippen LogP contribution in [0.3, 0.4) is 0 Å². The van der Waals surface area contributed by atoms with E-state index in [4.69, 9.17) is 15.0 Å². The van der Waals surface area contributed by atoms with E-state index >= 15 is 0 Å². The summed E-state index contributed by atoms with van der Waals surface area (Å²) >= 11 is -3.69. The summed E-state index contributed by atoms with van der Waals surface area (Å²) in [7, 11) is 0. The zero-order valence-corrected chi connectivity index (χ0v) is 17.8. The number of nitrogens with two attached hydrogens (primary N) is 1. The van der Waals surface area contributed by atoms with Gasteiger partial charge in [0.1, 0.15) is 0 Å². The van der Waals surface area contributed by atoms with Crippen molar-refractivity contribution in [3.05, 3.63) is 0 Å². The Balaban J connectivity index is 5.38. The minimum atomic E-state index is -3.69. The van der Waals surface area contributed by atoms with Crippen LogP contribution in [0.2, 0.25) is 4.44 Å². The first kappa shape index (κ1) is 20.6. The monoisotopic (exact) mass is 397 g/mol. The summed E-state index contributed by atoms with van der Waals surface area (Å²) in [6.07, 6.45) is 0.873. The van der Waals surface area contributed by atoms with E-state index in [1.54, 1.807) is 0 Å². The Hall–Kier alpha value is 0.639. The van der Waals surface area contributed by atoms with Gasteiger partial charge < -0.3 is 0 Å². The second-order valence-corrected chi connectivity index (χ2v) is 15.3. The molecule has 0 saturated carbocycles. The summed E-state index contributed by atoms with van der Waals surface area (Å²) in [4.78, 5) is 0. The van der Waals surface area contributed by atoms with Gasteiger partial charge in [0.25, 0.3) is 0 Å². The SMILES string of the molecule is CC(C)(C)[O][Sn]([CH2]CCN)([O]C(C)(C)C)[O]C(C)(C)C. The molecule has 5 heteroatoms. The first-order valence-electron chi connectivity index (χ1n) is 7.49. The van der Waals surface area contributed by atoms with Crippen molar-refractivity contribution in [2.24, 2.45) is 5.73 Å². The molecule has 20 heavy (non-hydrogen) atoms. The van der Waals surface area contributed by atoms with Crippen LogP contribution in [0.5, 0.6) is 0 Å². The maximum absolute atomic E-state index is 6.39. The first-order chi connectivity index (χ1) is 8.68. The molecule has 0 aromatic rings. The topological polar surface area (TPSA) is 53.7 Å². The predicted octanol–water partition coefficient (Wildman–Crippen LogP) is 3.72. The molecular weight excluding hydrogens is 361 g/mol. The fourth-order valence-electron chi connectivity index (χ4n) is 1.93. The van der Waals surface area contributed by atoms with E-state index in [2.05, 4.69) is 62.3 Å². The summed E-state index contributed by atoms with van der Waals surface area (Å²) in [6, 6.07) is 0.